The molecule has 0 saturated carbocycles. The Morgan fingerprint density at radius 3 is 2.54 bits per heavy atom. The maximum absolute atomic E-state index is 12.6. The van der Waals surface area contributed by atoms with Gasteiger partial charge in [-0.15, -0.1) is 0 Å². The van der Waals surface area contributed by atoms with Gasteiger partial charge in [-0.2, -0.15) is 4.98 Å². The minimum absolute atomic E-state index is 0.0432. The van der Waals surface area contributed by atoms with Gasteiger partial charge in [0.25, 0.3) is 0 Å². The van der Waals surface area contributed by atoms with Gasteiger partial charge in [-0.1, -0.05) is 30.3 Å². The lowest BCUT2D eigenvalue weighted by molar-refractivity contribution is -0.137. The fourth-order valence-electron chi connectivity index (χ4n) is 2.72. The van der Waals surface area contributed by atoms with E-state index in [0.29, 0.717) is 24.3 Å². The maximum atomic E-state index is 12.6. The molecule has 150 valence electrons. The van der Waals surface area contributed by atoms with Crippen LogP contribution in [0.1, 0.15) is 18.4 Å². The van der Waals surface area contributed by atoms with Gasteiger partial charge in [0.05, 0.1) is 7.11 Å². The number of aliphatic carboxylic acids is 1. The lowest BCUT2D eigenvalue weighted by Crippen LogP contribution is -2.40. The molecule has 0 spiro atoms. The lowest BCUT2D eigenvalue weighted by atomic mass is 10.0. The first-order valence-electron chi connectivity index (χ1n) is 8.80. The number of carboxylic acids is 1. The molecule has 1 aromatic heterocycles. The SMILES string of the molecule is COc1ncnc(N(C)C)c1NC(=O)NC(CCC(=O)O)Cc1ccccc1. The quantitative estimate of drug-likeness (QED) is 0.603. The number of rotatable bonds is 9. The van der Waals surface area contributed by atoms with Crippen LogP contribution in [0.3, 0.4) is 0 Å². The van der Waals surface area contributed by atoms with E-state index in [4.69, 9.17) is 9.84 Å². The van der Waals surface area contributed by atoms with Crippen molar-refractivity contribution in [1.82, 2.24) is 15.3 Å². The largest absolute Gasteiger partial charge is 0.481 e. The van der Waals surface area contributed by atoms with Crippen molar-refractivity contribution in [2.45, 2.75) is 25.3 Å². The smallest absolute Gasteiger partial charge is 0.319 e. The molecule has 0 radical (unpaired) electrons. The number of urea groups is 1. The molecule has 2 aromatic rings. The third-order valence-corrected chi connectivity index (χ3v) is 4.01. The molecule has 1 heterocycles. The van der Waals surface area contributed by atoms with Crippen LogP contribution >= 0.6 is 0 Å². The molecule has 1 unspecified atom stereocenters. The molecule has 28 heavy (non-hydrogen) atoms. The lowest BCUT2D eigenvalue weighted by Gasteiger charge is -2.21. The van der Waals surface area contributed by atoms with Crippen LogP contribution in [-0.2, 0) is 11.2 Å². The number of hydrogen-bond donors (Lipinski definition) is 3. The summed E-state index contributed by atoms with van der Waals surface area (Å²) in [7, 11) is 5.03. The molecule has 0 bridgehead atoms. The fraction of sp³-hybridized carbons (Fsp3) is 0.368. The predicted molar refractivity (Wildman–Crippen MR) is 106 cm³/mol. The Kier molecular flexibility index (Phi) is 7.55. The number of carbonyl (C=O) groups is 2. The summed E-state index contributed by atoms with van der Waals surface area (Å²) in [5.74, 6) is -0.181. The van der Waals surface area contributed by atoms with Crippen LogP contribution in [0.15, 0.2) is 36.7 Å². The van der Waals surface area contributed by atoms with Crippen LogP contribution in [-0.4, -0.2) is 54.3 Å². The summed E-state index contributed by atoms with van der Waals surface area (Å²) in [6, 6.07) is 8.75. The standard InChI is InChI=1S/C19H25N5O4/c1-24(2)17-16(18(28-3)21-12-20-17)23-19(27)22-14(9-10-15(25)26)11-13-7-5-4-6-8-13/h4-8,12,14H,9-11H2,1-3H3,(H,25,26)(H2,22,23,27). The Morgan fingerprint density at radius 2 is 1.93 bits per heavy atom. The van der Waals surface area contributed by atoms with Crippen LogP contribution < -0.4 is 20.3 Å². The third kappa shape index (κ3) is 6.11. The average Bonchev–Trinajstić information content (AvgIpc) is 2.66. The number of aromatic nitrogens is 2. The first-order valence-corrected chi connectivity index (χ1v) is 8.80. The number of anilines is 2. The number of carboxylic acid groups (broad SMARTS) is 1. The van der Waals surface area contributed by atoms with Crippen molar-refractivity contribution in [3.63, 3.8) is 0 Å². The van der Waals surface area contributed by atoms with Gasteiger partial charge in [-0.3, -0.25) is 4.79 Å². The summed E-state index contributed by atoms with van der Waals surface area (Å²) < 4.78 is 5.22. The Balaban J connectivity index is 2.13. The molecule has 1 aromatic carbocycles. The Morgan fingerprint density at radius 1 is 1.21 bits per heavy atom. The van der Waals surface area contributed by atoms with Gasteiger partial charge < -0.3 is 25.4 Å². The average molecular weight is 387 g/mol. The highest BCUT2D eigenvalue weighted by molar-refractivity contribution is 5.94. The number of nitrogens with zero attached hydrogens (tertiary/aromatic N) is 3. The Labute approximate surface area is 163 Å². The summed E-state index contributed by atoms with van der Waals surface area (Å²) in [6.07, 6.45) is 2.13. The van der Waals surface area contributed by atoms with Crippen LogP contribution in [0.2, 0.25) is 0 Å². The molecule has 0 aliphatic heterocycles. The number of nitrogens with one attached hydrogen (secondary N) is 2. The highest BCUT2D eigenvalue weighted by Crippen LogP contribution is 2.29. The van der Waals surface area contributed by atoms with E-state index in [9.17, 15) is 9.59 Å². The van der Waals surface area contributed by atoms with Gasteiger partial charge >= 0.3 is 12.0 Å². The molecule has 9 heteroatoms. The van der Waals surface area contributed by atoms with Crippen molar-refractivity contribution in [3.05, 3.63) is 42.2 Å². The third-order valence-electron chi connectivity index (χ3n) is 4.01. The van der Waals surface area contributed by atoms with E-state index >= 15 is 0 Å². The summed E-state index contributed by atoms with van der Waals surface area (Å²) >= 11 is 0. The van der Waals surface area contributed by atoms with Crippen molar-refractivity contribution in [1.29, 1.82) is 0 Å². The zero-order valence-electron chi connectivity index (χ0n) is 16.2. The Hall–Kier alpha value is -3.36. The molecular formula is C19H25N5O4. The zero-order valence-corrected chi connectivity index (χ0v) is 16.2. The summed E-state index contributed by atoms with van der Waals surface area (Å²) in [5, 5.41) is 14.6. The van der Waals surface area contributed by atoms with E-state index in [2.05, 4.69) is 20.6 Å². The topological polar surface area (TPSA) is 117 Å². The number of methoxy groups -OCH3 is 1. The van der Waals surface area contributed by atoms with Gasteiger partial charge in [-0.05, 0) is 18.4 Å². The first-order chi connectivity index (χ1) is 13.4. The van der Waals surface area contributed by atoms with Gasteiger partial charge in [0.2, 0.25) is 5.88 Å². The molecule has 1 atom stereocenters. The normalized spacial score (nSPS) is 11.4. The van der Waals surface area contributed by atoms with E-state index in [1.807, 2.05) is 30.3 Å². The monoisotopic (exact) mass is 387 g/mol. The molecular weight excluding hydrogens is 362 g/mol. The van der Waals surface area contributed by atoms with Gasteiger partial charge in [-0.25, -0.2) is 9.78 Å². The first kappa shape index (κ1) is 20.9. The van der Waals surface area contributed by atoms with Crippen molar-refractivity contribution in [2.75, 3.05) is 31.4 Å². The summed E-state index contributed by atoms with van der Waals surface area (Å²) in [6.45, 7) is 0. The van der Waals surface area contributed by atoms with Crippen molar-refractivity contribution in [3.8, 4) is 5.88 Å². The second-order valence-electron chi connectivity index (χ2n) is 6.39. The minimum atomic E-state index is -0.909. The maximum Gasteiger partial charge on any atom is 0.319 e. The van der Waals surface area contributed by atoms with Crippen molar-refractivity contribution >= 4 is 23.5 Å². The molecule has 2 rings (SSSR count). The fourth-order valence-corrected chi connectivity index (χ4v) is 2.72. The van der Waals surface area contributed by atoms with Crippen LogP contribution in [0.25, 0.3) is 0 Å². The highest BCUT2D eigenvalue weighted by atomic mass is 16.5. The molecule has 0 saturated heterocycles. The second kappa shape index (κ2) is 10.1. The van der Waals surface area contributed by atoms with Crippen molar-refractivity contribution < 1.29 is 19.4 Å². The van der Waals surface area contributed by atoms with E-state index in [-0.39, 0.29) is 18.3 Å². The number of carbonyl (C=O) groups excluding carboxylic acids is 1. The molecule has 3 N–H and O–H groups in total. The molecule has 9 nitrogen and oxygen atoms in total. The minimum Gasteiger partial charge on any atom is -0.481 e. The highest BCUT2D eigenvalue weighted by Gasteiger charge is 2.19. The number of ether oxygens (including phenoxy) is 1. The number of hydrogen-bond acceptors (Lipinski definition) is 6. The van der Waals surface area contributed by atoms with E-state index in [1.54, 1.807) is 19.0 Å². The molecule has 0 aliphatic carbocycles. The molecule has 2 amide bonds. The van der Waals surface area contributed by atoms with E-state index < -0.39 is 12.0 Å². The Bertz CT molecular complexity index is 798. The van der Waals surface area contributed by atoms with Gasteiger partial charge in [0.15, 0.2) is 5.82 Å². The number of amides is 2. The predicted octanol–water partition coefficient (Wildman–Crippen LogP) is 2.15. The van der Waals surface area contributed by atoms with Crippen LogP contribution in [0, 0.1) is 0 Å². The summed E-state index contributed by atoms with van der Waals surface area (Å²) in [5.41, 5.74) is 1.34. The molecule has 0 fully saturated rings. The zero-order chi connectivity index (χ0) is 20.5. The van der Waals surface area contributed by atoms with Crippen molar-refractivity contribution in [2.24, 2.45) is 0 Å². The van der Waals surface area contributed by atoms with Crippen LogP contribution in [0.4, 0.5) is 16.3 Å². The molecule has 0 aliphatic rings. The second-order valence-corrected chi connectivity index (χ2v) is 6.39. The van der Waals surface area contributed by atoms with E-state index in [1.165, 1.54) is 13.4 Å². The van der Waals surface area contributed by atoms with Crippen LogP contribution in [0.5, 0.6) is 5.88 Å². The number of benzene rings is 1. The van der Waals surface area contributed by atoms with Gasteiger partial charge in [0.1, 0.15) is 12.0 Å². The van der Waals surface area contributed by atoms with E-state index in [0.717, 1.165) is 5.56 Å². The van der Waals surface area contributed by atoms with Gasteiger partial charge in [0, 0.05) is 26.6 Å². The summed E-state index contributed by atoms with van der Waals surface area (Å²) in [4.78, 5) is 33.5.